The van der Waals surface area contributed by atoms with Crippen molar-refractivity contribution < 1.29 is 19.0 Å². The van der Waals surface area contributed by atoms with Crippen molar-refractivity contribution in [2.75, 3.05) is 6.61 Å². The molecule has 0 amide bonds. The number of hydrogen-bond acceptors (Lipinski definition) is 2. The fourth-order valence-electron chi connectivity index (χ4n) is 1.41. The third kappa shape index (κ3) is 2.39. The van der Waals surface area contributed by atoms with Crippen LogP contribution in [0.1, 0.15) is 25.8 Å². The molecule has 0 spiro atoms. The highest BCUT2D eigenvalue weighted by Crippen LogP contribution is 2.28. The molecule has 1 aromatic rings. The third-order valence-electron chi connectivity index (χ3n) is 2.39. The van der Waals surface area contributed by atoms with Gasteiger partial charge in [-0.2, -0.15) is 0 Å². The normalized spacial score (nSPS) is 14.4. The lowest BCUT2D eigenvalue weighted by Crippen LogP contribution is -2.36. The van der Waals surface area contributed by atoms with E-state index in [2.05, 4.69) is 0 Å². The first-order valence-corrected chi connectivity index (χ1v) is 5.14. The molecule has 0 aliphatic rings. The molecular formula is C12H15FO3. The minimum atomic E-state index is -1.62. The van der Waals surface area contributed by atoms with Gasteiger partial charge in [-0.05, 0) is 19.4 Å². The zero-order valence-corrected chi connectivity index (χ0v) is 9.37. The lowest BCUT2D eigenvalue weighted by atomic mass is 9.95. The second kappa shape index (κ2) is 5.07. The molecule has 88 valence electrons. The number of carboxylic acid groups (broad SMARTS) is 1. The molecule has 0 aliphatic heterocycles. The molecule has 0 radical (unpaired) electrons. The molecule has 0 aromatic heterocycles. The first-order valence-electron chi connectivity index (χ1n) is 5.14. The van der Waals surface area contributed by atoms with Gasteiger partial charge < -0.3 is 9.84 Å². The van der Waals surface area contributed by atoms with E-state index in [-0.39, 0.29) is 12.2 Å². The first kappa shape index (κ1) is 12.6. The van der Waals surface area contributed by atoms with E-state index < -0.39 is 17.4 Å². The monoisotopic (exact) mass is 226 g/mol. The van der Waals surface area contributed by atoms with Crippen LogP contribution < -0.4 is 0 Å². The predicted molar refractivity (Wildman–Crippen MR) is 57.6 cm³/mol. The van der Waals surface area contributed by atoms with Gasteiger partial charge in [-0.1, -0.05) is 25.1 Å². The molecule has 0 aliphatic carbocycles. The van der Waals surface area contributed by atoms with Gasteiger partial charge in [0, 0.05) is 12.2 Å². The third-order valence-corrected chi connectivity index (χ3v) is 2.39. The molecule has 1 rings (SSSR count). The highest BCUT2D eigenvalue weighted by atomic mass is 19.1. The van der Waals surface area contributed by atoms with E-state index >= 15 is 0 Å². The van der Waals surface area contributed by atoms with Crippen molar-refractivity contribution in [3.8, 4) is 0 Å². The minimum absolute atomic E-state index is 0.0518. The molecule has 0 saturated carbocycles. The van der Waals surface area contributed by atoms with Crippen molar-refractivity contribution in [3.63, 3.8) is 0 Å². The summed E-state index contributed by atoms with van der Waals surface area (Å²) in [6, 6.07) is 5.76. The molecule has 0 heterocycles. The second-order valence-corrected chi connectivity index (χ2v) is 3.67. The number of ether oxygens (including phenoxy) is 1. The van der Waals surface area contributed by atoms with Crippen LogP contribution in [-0.4, -0.2) is 17.7 Å². The Balaban J connectivity index is 3.11. The van der Waals surface area contributed by atoms with Crippen LogP contribution in [0.5, 0.6) is 0 Å². The lowest BCUT2D eigenvalue weighted by molar-refractivity contribution is -0.165. The Kier molecular flexibility index (Phi) is 4.01. The lowest BCUT2D eigenvalue weighted by Gasteiger charge is -2.26. The number of halogens is 1. The second-order valence-electron chi connectivity index (χ2n) is 3.67. The molecule has 1 atom stereocenters. The summed E-state index contributed by atoms with van der Waals surface area (Å²) in [7, 11) is 0. The molecule has 16 heavy (non-hydrogen) atoms. The smallest absolute Gasteiger partial charge is 0.340 e. The van der Waals surface area contributed by atoms with Crippen LogP contribution in [0.2, 0.25) is 0 Å². The van der Waals surface area contributed by atoms with Crippen molar-refractivity contribution in [1.82, 2.24) is 0 Å². The minimum Gasteiger partial charge on any atom is -0.479 e. The Morgan fingerprint density at radius 3 is 2.62 bits per heavy atom. The van der Waals surface area contributed by atoms with Crippen LogP contribution in [0.3, 0.4) is 0 Å². The van der Waals surface area contributed by atoms with Gasteiger partial charge in [0.05, 0.1) is 0 Å². The average molecular weight is 226 g/mol. The quantitative estimate of drug-likeness (QED) is 0.839. The summed E-state index contributed by atoms with van der Waals surface area (Å²) in [6.45, 7) is 3.50. The summed E-state index contributed by atoms with van der Waals surface area (Å²) in [5, 5.41) is 9.15. The molecule has 4 heteroatoms. The summed E-state index contributed by atoms with van der Waals surface area (Å²) in [5.41, 5.74) is -1.57. The molecule has 0 saturated heterocycles. The number of rotatable bonds is 5. The van der Waals surface area contributed by atoms with Crippen molar-refractivity contribution in [2.24, 2.45) is 0 Å². The van der Waals surface area contributed by atoms with Crippen LogP contribution in [0.25, 0.3) is 0 Å². The van der Waals surface area contributed by atoms with Gasteiger partial charge in [-0.3, -0.25) is 0 Å². The highest BCUT2D eigenvalue weighted by molar-refractivity contribution is 5.79. The Morgan fingerprint density at radius 1 is 1.50 bits per heavy atom. The summed E-state index contributed by atoms with van der Waals surface area (Å²) >= 11 is 0. The molecule has 1 unspecified atom stereocenters. The van der Waals surface area contributed by atoms with Crippen molar-refractivity contribution in [3.05, 3.63) is 35.6 Å². The Labute approximate surface area is 93.9 Å². The predicted octanol–water partition coefficient (Wildman–Crippen LogP) is 2.55. The van der Waals surface area contributed by atoms with Crippen LogP contribution in [0.4, 0.5) is 4.39 Å². The standard InChI is InChI=1S/C12H15FO3/c1-3-8-16-12(2,11(14)15)9-6-4-5-7-10(9)13/h4-7H,3,8H2,1-2H3,(H,14,15). The molecular weight excluding hydrogens is 211 g/mol. The van der Waals surface area contributed by atoms with Crippen molar-refractivity contribution >= 4 is 5.97 Å². The molecule has 0 fully saturated rings. The Morgan fingerprint density at radius 2 is 2.12 bits per heavy atom. The van der Waals surface area contributed by atoms with Crippen molar-refractivity contribution in [1.29, 1.82) is 0 Å². The maximum absolute atomic E-state index is 13.5. The van der Waals surface area contributed by atoms with E-state index in [1.165, 1.54) is 25.1 Å². The SMILES string of the molecule is CCCOC(C)(C(=O)O)c1ccccc1F. The summed E-state index contributed by atoms with van der Waals surface area (Å²) in [6.07, 6.45) is 0.678. The van der Waals surface area contributed by atoms with Gasteiger partial charge in [0.1, 0.15) is 5.82 Å². The number of carboxylic acids is 1. The van der Waals surface area contributed by atoms with Gasteiger partial charge >= 0.3 is 5.97 Å². The summed E-state index contributed by atoms with van der Waals surface area (Å²) < 4.78 is 18.8. The fraction of sp³-hybridized carbons (Fsp3) is 0.417. The molecule has 1 N–H and O–H groups in total. The number of benzene rings is 1. The van der Waals surface area contributed by atoms with Crippen LogP contribution in [0.15, 0.2) is 24.3 Å². The molecule has 0 bridgehead atoms. The summed E-state index contributed by atoms with van der Waals surface area (Å²) in [4.78, 5) is 11.2. The van der Waals surface area contributed by atoms with Crippen LogP contribution >= 0.6 is 0 Å². The fourth-order valence-corrected chi connectivity index (χ4v) is 1.41. The Bertz CT molecular complexity index is 378. The first-order chi connectivity index (χ1) is 7.52. The highest BCUT2D eigenvalue weighted by Gasteiger charge is 2.38. The molecule has 3 nitrogen and oxygen atoms in total. The zero-order valence-electron chi connectivity index (χ0n) is 9.37. The van der Waals surface area contributed by atoms with E-state index in [4.69, 9.17) is 9.84 Å². The molecule has 1 aromatic carbocycles. The summed E-state index contributed by atoms with van der Waals surface area (Å²) in [5.74, 6) is -1.76. The van der Waals surface area contributed by atoms with Gasteiger partial charge in [-0.25, -0.2) is 9.18 Å². The average Bonchev–Trinajstić information content (AvgIpc) is 2.26. The van der Waals surface area contributed by atoms with E-state index in [0.29, 0.717) is 6.42 Å². The van der Waals surface area contributed by atoms with Gasteiger partial charge in [0.15, 0.2) is 5.60 Å². The number of carbonyl (C=O) groups is 1. The van der Waals surface area contributed by atoms with E-state index in [1.807, 2.05) is 6.92 Å². The topological polar surface area (TPSA) is 46.5 Å². The van der Waals surface area contributed by atoms with Crippen LogP contribution in [0, 0.1) is 5.82 Å². The maximum Gasteiger partial charge on any atom is 0.340 e. The largest absolute Gasteiger partial charge is 0.479 e. The number of hydrogen-bond donors (Lipinski definition) is 1. The van der Waals surface area contributed by atoms with Crippen molar-refractivity contribution in [2.45, 2.75) is 25.9 Å². The van der Waals surface area contributed by atoms with E-state index in [9.17, 15) is 9.18 Å². The van der Waals surface area contributed by atoms with E-state index in [0.717, 1.165) is 0 Å². The van der Waals surface area contributed by atoms with Gasteiger partial charge in [-0.15, -0.1) is 0 Å². The van der Waals surface area contributed by atoms with Crippen LogP contribution in [-0.2, 0) is 15.1 Å². The zero-order chi connectivity index (χ0) is 12.2. The van der Waals surface area contributed by atoms with Gasteiger partial charge in [0.2, 0.25) is 0 Å². The van der Waals surface area contributed by atoms with E-state index in [1.54, 1.807) is 6.07 Å². The Hall–Kier alpha value is -1.42. The van der Waals surface area contributed by atoms with Gasteiger partial charge in [0.25, 0.3) is 0 Å². The maximum atomic E-state index is 13.5. The number of aliphatic carboxylic acids is 1.